The topological polar surface area (TPSA) is 21.3 Å². The molecule has 0 radical (unpaired) electrons. The quantitative estimate of drug-likeness (QED) is 0.865. The van der Waals surface area contributed by atoms with E-state index >= 15 is 0 Å². The minimum absolute atomic E-state index is 0.0637. The number of hydrogen-bond acceptors (Lipinski definition) is 2. The highest BCUT2D eigenvalue weighted by Crippen LogP contribution is 2.25. The van der Waals surface area contributed by atoms with E-state index in [2.05, 4.69) is 56.4 Å². The van der Waals surface area contributed by atoms with Gasteiger partial charge in [0, 0.05) is 12.1 Å². The van der Waals surface area contributed by atoms with Gasteiger partial charge in [-0.3, -0.25) is 0 Å². The van der Waals surface area contributed by atoms with Crippen molar-refractivity contribution in [1.82, 2.24) is 5.32 Å². The number of ether oxygens (including phenoxy) is 1. The van der Waals surface area contributed by atoms with Gasteiger partial charge in [-0.1, -0.05) is 30.3 Å². The molecule has 0 bridgehead atoms. The SMILES string of the molecule is CC(NC1CCC(C)(C)OC1)c1ccccc1. The first-order chi connectivity index (χ1) is 8.07. The summed E-state index contributed by atoms with van der Waals surface area (Å²) < 4.78 is 5.85. The second-order valence-electron chi connectivity index (χ2n) is 5.61. The lowest BCUT2D eigenvalue weighted by molar-refractivity contribution is -0.0666. The van der Waals surface area contributed by atoms with Gasteiger partial charge in [0.15, 0.2) is 0 Å². The van der Waals surface area contributed by atoms with Crippen molar-refractivity contribution in [3.05, 3.63) is 35.9 Å². The molecule has 1 aliphatic heterocycles. The number of benzene rings is 1. The maximum atomic E-state index is 5.85. The predicted molar refractivity (Wildman–Crippen MR) is 71.0 cm³/mol. The molecule has 1 aromatic carbocycles. The van der Waals surface area contributed by atoms with Crippen LogP contribution >= 0.6 is 0 Å². The largest absolute Gasteiger partial charge is 0.374 e. The van der Waals surface area contributed by atoms with Crippen LogP contribution in [0, 0.1) is 0 Å². The summed E-state index contributed by atoms with van der Waals surface area (Å²) in [6, 6.07) is 11.5. The molecule has 2 atom stereocenters. The van der Waals surface area contributed by atoms with Gasteiger partial charge in [-0.2, -0.15) is 0 Å². The van der Waals surface area contributed by atoms with Crippen molar-refractivity contribution in [2.45, 2.75) is 51.3 Å². The Morgan fingerprint density at radius 2 is 2.00 bits per heavy atom. The van der Waals surface area contributed by atoms with Crippen LogP contribution in [0.2, 0.25) is 0 Å². The smallest absolute Gasteiger partial charge is 0.0627 e. The number of rotatable bonds is 3. The minimum atomic E-state index is 0.0637. The van der Waals surface area contributed by atoms with Crippen molar-refractivity contribution in [2.24, 2.45) is 0 Å². The molecule has 1 fully saturated rings. The average molecular weight is 233 g/mol. The zero-order valence-corrected chi connectivity index (χ0v) is 11.1. The summed E-state index contributed by atoms with van der Waals surface area (Å²) in [5.41, 5.74) is 1.41. The second-order valence-corrected chi connectivity index (χ2v) is 5.61. The molecule has 0 aromatic heterocycles. The molecule has 0 spiro atoms. The van der Waals surface area contributed by atoms with Crippen LogP contribution in [0.3, 0.4) is 0 Å². The molecule has 17 heavy (non-hydrogen) atoms. The Kier molecular flexibility index (Phi) is 3.85. The fourth-order valence-electron chi connectivity index (χ4n) is 2.33. The zero-order chi connectivity index (χ0) is 12.3. The first-order valence-corrected chi connectivity index (χ1v) is 6.52. The molecule has 1 aromatic rings. The molecule has 0 amide bonds. The molecule has 2 nitrogen and oxygen atoms in total. The molecular formula is C15H23NO. The van der Waals surface area contributed by atoms with Gasteiger partial charge in [0.1, 0.15) is 0 Å². The van der Waals surface area contributed by atoms with Crippen molar-refractivity contribution >= 4 is 0 Å². The van der Waals surface area contributed by atoms with Gasteiger partial charge < -0.3 is 10.1 Å². The van der Waals surface area contributed by atoms with E-state index in [1.807, 2.05) is 0 Å². The molecule has 0 aliphatic carbocycles. The summed E-state index contributed by atoms with van der Waals surface area (Å²) in [7, 11) is 0. The van der Waals surface area contributed by atoms with Crippen LogP contribution in [0.1, 0.15) is 45.2 Å². The molecule has 0 saturated carbocycles. The van der Waals surface area contributed by atoms with E-state index in [1.165, 1.54) is 12.0 Å². The normalized spacial score (nSPS) is 25.5. The lowest BCUT2D eigenvalue weighted by atomic mass is 9.95. The van der Waals surface area contributed by atoms with Crippen molar-refractivity contribution in [2.75, 3.05) is 6.61 Å². The maximum Gasteiger partial charge on any atom is 0.0627 e. The summed E-state index contributed by atoms with van der Waals surface area (Å²) in [5.74, 6) is 0. The Morgan fingerprint density at radius 1 is 1.29 bits per heavy atom. The minimum Gasteiger partial charge on any atom is -0.374 e. The van der Waals surface area contributed by atoms with Crippen molar-refractivity contribution < 1.29 is 4.74 Å². The van der Waals surface area contributed by atoms with E-state index in [0.29, 0.717) is 12.1 Å². The molecule has 1 heterocycles. The van der Waals surface area contributed by atoms with Crippen molar-refractivity contribution in [3.8, 4) is 0 Å². The highest BCUT2D eigenvalue weighted by Gasteiger charge is 2.28. The molecule has 2 unspecified atom stereocenters. The fraction of sp³-hybridized carbons (Fsp3) is 0.600. The maximum absolute atomic E-state index is 5.85. The Balaban J connectivity index is 1.86. The van der Waals surface area contributed by atoms with Crippen LogP contribution in [-0.2, 0) is 4.74 Å². The van der Waals surface area contributed by atoms with Crippen molar-refractivity contribution in [3.63, 3.8) is 0 Å². The lowest BCUT2D eigenvalue weighted by Crippen LogP contribution is -2.44. The molecule has 94 valence electrons. The summed E-state index contributed by atoms with van der Waals surface area (Å²) in [6.07, 6.45) is 2.33. The van der Waals surface area contributed by atoms with Gasteiger partial charge in [-0.25, -0.2) is 0 Å². The van der Waals surface area contributed by atoms with E-state index in [9.17, 15) is 0 Å². The standard InChI is InChI=1S/C15H23NO/c1-12(13-7-5-4-6-8-13)16-14-9-10-15(2,3)17-11-14/h4-8,12,14,16H,9-11H2,1-3H3. The average Bonchev–Trinajstić information content (AvgIpc) is 2.33. The summed E-state index contributed by atoms with van der Waals surface area (Å²) in [6.45, 7) is 7.38. The Labute approximate surface area is 104 Å². The summed E-state index contributed by atoms with van der Waals surface area (Å²) >= 11 is 0. The van der Waals surface area contributed by atoms with E-state index in [4.69, 9.17) is 4.74 Å². The first-order valence-electron chi connectivity index (χ1n) is 6.52. The van der Waals surface area contributed by atoms with E-state index in [-0.39, 0.29) is 5.60 Å². The van der Waals surface area contributed by atoms with Crippen LogP contribution in [0.5, 0.6) is 0 Å². The third-order valence-electron chi connectivity index (χ3n) is 3.56. The van der Waals surface area contributed by atoms with E-state index < -0.39 is 0 Å². The predicted octanol–water partition coefficient (Wildman–Crippen LogP) is 3.29. The Morgan fingerprint density at radius 3 is 2.59 bits per heavy atom. The Hall–Kier alpha value is -0.860. The van der Waals surface area contributed by atoms with Crippen LogP contribution in [0.25, 0.3) is 0 Å². The monoisotopic (exact) mass is 233 g/mol. The van der Waals surface area contributed by atoms with Gasteiger partial charge in [0.05, 0.1) is 12.2 Å². The molecule has 1 N–H and O–H groups in total. The zero-order valence-electron chi connectivity index (χ0n) is 11.1. The summed E-state index contributed by atoms with van der Waals surface area (Å²) in [5, 5.41) is 3.65. The van der Waals surface area contributed by atoms with Gasteiger partial charge in [0.25, 0.3) is 0 Å². The van der Waals surface area contributed by atoms with Gasteiger partial charge in [0.2, 0.25) is 0 Å². The van der Waals surface area contributed by atoms with Gasteiger partial charge in [-0.15, -0.1) is 0 Å². The van der Waals surface area contributed by atoms with Crippen LogP contribution < -0.4 is 5.32 Å². The molecular weight excluding hydrogens is 210 g/mol. The van der Waals surface area contributed by atoms with E-state index in [0.717, 1.165) is 13.0 Å². The first kappa shape index (κ1) is 12.6. The third-order valence-corrected chi connectivity index (χ3v) is 3.56. The third kappa shape index (κ3) is 3.55. The highest BCUT2D eigenvalue weighted by atomic mass is 16.5. The Bertz CT molecular complexity index is 337. The van der Waals surface area contributed by atoms with Crippen molar-refractivity contribution in [1.29, 1.82) is 0 Å². The highest BCUT2D eigenvalue weighted by molar-refractivity contribution is 5.18. The van der Waals surface area contributed by atoms with Gasteiger partial charge >= 0.3 is 0 Å². The van der Waals surface area contributed by atoms with Crippen LogP contribution in [0.4, 0.5) is 0 Å². The number of nitrogens with one attached hydrogen (secondary N) is 1. The lowest BCUT2D eigenvalue weighted by Gasteiger charge is -2.36. The van der Waals surface area contributed by atoms with Gasteiger partial charge in [-0.05, 0) is 39.2 Å². The summed E-state index contributed by atoms with van der Waals surface area (Å²) in [4.78, 5) is 0. The molecule has 2 rings (SSSR count). The van der Waals surface area contributed by atoms with Crippen LogP contribution in [0.15, 0.2) is 30.3 Å². The second kappa shape index (κ2) is 5.19. The number of hydrogen-bond donors (Lipinski definition) is 1. The van der Waals surface area contributed by atoms with Crippen LogP contribution in [-0.4, -0.2) is 18.2 Å². The molecule has 1 aliphatic rings. The van der Waals surface area contributed by atoms with E-state index in [1.54, 1.807) is 0 Å². The molecule has 2 heteroatoms. The fourth-order valence-corrected chi connectivity index (χ4v) is 2.33. The molecule has 1 saturated heterocycles.